The Morgan fingerprint density at radius 2 is 2.06 bits per heavy atom. The number of hydrogen-bond donors (Lipinski definition) is 1. The van der Waals surface area contributed by atoms with Crippen molar-refractivity contribution in [2.24, 2.45) is 5.92 Å². The fourth-order valence-electron chi connectivity index (χ4n) is 1.96. The monoisotopic (exact) mass is 391 g/mol. The lowest BCUT2D eigenvalue weighted by Crippen LogP contribution is -2.31. The molecule has 0 saturated carbocycles. The van der Waals surface area contributed by atoms with Gasteiger partial charge in [0.15, 0.2) is 0 Å². The Kier molecular flexibility index (Phi) is 5.57. The molecule has 0 unspecified atom stereocenters. The summed E-state index contributed by atoms with van der Waals surface area (Å²) >= 11 is 8.81. The lowest BCUT2D eigenvalue weighted by atomic mass is 10.0. The number of carbonyl (C=O) groups excluding carboxylic acids is 1. The van der Waals surface area contributed by atoms with Crippen LogP contribution in [0, 0.1) is 5.92 Å². The van der Waals surface area contributed by atoms with Gasteiger partial charge in [-0.25, -0.2) is 0 Å². The van der Waals surface area contributed by atoms with Gasteiger partial charge in [0.2, 0.25) is 0 Å². The minimum Gasteiger partial charge on any atom is -0.352 e. The number of carbonyl (C=O) groups is 1. The first-order valence-electron chi connectivity index (χ1n) is 5.98. The molecule has 1 fully saturated rings. The maximum atomic E-state index is 12.1. The summed E-state index contributed by atoms with van der Waals surface area (Å²) in [6.07, 6.45) is 2.43. The SMILES string of the molecule is O=C(NCC1CCSCC1)c1ccc(Br)cc1Br. The number of thioether (sulfide) groups is 1. The standard InChI is InChI=1S/C13H15Br2NOS/c14-10-1-2-11(12(15)7-10)13(17)16-8-9-3-5-18-6-4-9/h1-2,7,9H,3-6,8H2,(H,16,17). The first-order chi connectivity index (χ1) is 8.66. The zero-order valence-corrected chi connectivity index (χ0v) is 13.9. The van der Waals surface area contributed by atoms with E-state index in [1.165, 1.54) is 24.3 Å². The molecule has 0 atom stereocenters. The van der Waals surface area contributed by atoms with Crippen LogP contribution in [-0.2, 0) is 0 Å². The molecule has 1 aromatic carbocycles. The molecular weight excluding hydrogens is 378 g/mol. The van der Waals surface area contributed by atoms with Gasteiger partial charge in [-0.2, -0.15) is 11.8 Å². The largest absolute Gasteiger partial charge is 0.352 e. The lowest BCUT2D eigenvalue weighted by molar-refractivity contribution is 0.0945. The van der Waals surface area contributed by atoms with Crippen molar-refractivity contribution in [1.29, 1.82) is 0 Å². The highest BCUT2D eigenvalue weighted by Gasteiger charge is 2.16. The van der Waals surface area contributed by atoms with Crippen LogP contribution in [0.1, 0.15) is 23.2 Å². The number of nitrogens with one attached hydrogen (secondary N) is 1. The number of rotatable bonds is 3. The summed E-state index contributed by atoms with van der Waals surface area (Å²) in [4.78, 5) is 12.1. The summed E-state index contributed by atoms with van der Waals surface area (Å²) in [5.41, 5.74) is 0.698. The van der Waals surface area contributed by atoms with E-state index in [0.29, 0.717) is 11.5 Å². The molecule has 1 aliphatic rings. The highest BCUT2D eigenvalue weighted by Crippen LogP contribution is 2.23. The molecule has 1 amide bonds. The van der Waals surface area contributed by atoms with E-state index in [9.17, 15) is 4.79 Å². The van der Waals surface area contributed by atoms with Crippen LogP contribution >= 0.6 is 43.6 Å². The normalized spacial score (nSPS) is 16.6. The van der Waals surface area contributed by atoms with E-state index in [2.05, 4.69) is 37.2 Å². The number of benzene rings is 1. The molecule has 0 aromatic heterocycles. The molecule has 0 radical (unpaired) electrons. The Morgan fingerprint density at radius 3 is 2.72 bits per heavy atom. The van der Waals surface area contributed by atoms with E-state index in [4.69, 9.17) is 0 Å². The van der Waals surface area contributed by atoms with Crippen molar-refractivity contribution in [3.05, 3.63) is 32.7 Å². The van der Waals surface area contributed by atoms with Gasteiger partial charge in [-0.3, -0.25) is 4.79 Å². The van der Waals surface area contributed by atoms with Crippen LogP contribution in [0.15, 0.2) is 27.1 Å². The van der Waals surface area contributed by atoms with Gasteiger partial charge in [-0.1, -0.05) is 15.9 Å². The van der Waals surface area contributed by atoms with Crippen LogP contribution in [-0.4, -0.2) is 24.0 Å². The second kappa shape index (κ2) is 6.96. The Morgan fingerprint density at radius 1 is 1.33 bits per heavy atom. The van der Waals surface area contributed by atoms with Crippen LogP contribution in [0.25, 0.3) is 0 Å². The summed E-state index contributed by atoms with van der Waals surface area (Å²) in [7, 11) is 0. The summed E-state index contributed by atoms with van der Waals surface area (Å²) in [5, 5.41) is 3.04. The predicted octanol–water partition coefficient (Wildman–Crippen LogP) is 4.08. The molecule has 1 heterocycles. The fourth-order valence-corrected chi connectivity index (χ4v) is 4.39. The van der Waals surface area contributed by atoms with Crippen molar-refractivity contribution >= 4 is 49.5 Å². The molecular formula is C13H15Br2NOS. The molecule has 0 spiro atoms. The first kappa shape index (κ1) is 14.4. The number of halogens is 2. The van der Waals surface area contributed by atoms with Gasteiger partial charge < -0.3 is 5.32 Å². The molecule has 18 heavy (non-hydrogen) atoms. The van der Waals surface area contributed by atoms with Crippen LogP contribution in [0.3, 0.4) is 0 Å². The van der Waals surface area contributed by atoms with Crippen molar-refractivity contribution in [2.45, 2.75) is 12.8 Å². The average molecular weight is 393 g/mol. The second-order valence-electron chi connectivity index (χ2n) is 4.39. The van der Waals surface area contributed by atoms with Gasteiger partial charge in [0.1, 0.15) is 0 Å². The number of hydrogen-bond acceptors (Lipinski definition) is 2. The van der Waals surface area contributed by atoms with Gasteiger partial charge in [-0.15, -0.1) is 0 Å². The molecule has 0 aliphatic carbocycles. The summed E-state index contributed by atoms with van der Waals surface area (Å²) < 4.78 is 1.80. The minimum absolute atomic E-state index is 0.00704. The third-order valence-electron chi connectivity index (χ3n) is 3.07. The quantitative estimate of drug-likeness (QED) is 0.839. The van der Waals surface area contributed by atoms with Crippen LogP contribution < -0.4 is 5.32 Å². The van der Waals surface area contributed by atoms with Crippen molar-refractivity contribution in [3.63, 3.8) is 0 Å². The van der Waals surface area contributed by atoms with Gasteiger partial charge in [0.25, 0.3) is 5.91 Å². The molecule has 2 nitrogen and oxygen atoms in total. The molecule has 0 bridgehead atoms. The molecule has 5 heteroatoms. The van der Waals surface area contributed by atoms with Crippen LogP contribution in [0.4, 0.5) is 0 Å². The van der Waals surface area contributed by atoms with E-state index in [0.717, 1.165) is 15.5 Å². The predicted molar refractivity (Wildman–Crippen MR) is 84.2 cm³/mol. The van der Waals surface area contributed by atoms with Crippen molar-refractivity contribution in [2.75, 3.05) is 18.1 Å². The molecule has 1 saturated heterocycles. The highest BCUT2D eigenvalue weighted by molar-refractivity contribution is 9.11. The highest BCUT2D eigenvalue weighted by atomic mass is 79.9. The van der Waals surface area contributed by atoms with Crippen molar-refractivity contribution in [1.82, 2.24) is 5.32 Å². The minimum atomic E-state index is 0.00704. The smallest absolute Gasteiger partial charge is 0.252 e. The van der Waals surface area contributed by atoms with Gasteiger partial charge in [-0.05, 0) is 64.4 Å². The zero-order valence-electron chi connectivity index (χ0n) is 9.92. The van der Waals surface area contributed by atoms with E-state index in [1.54, 1.807) is 0 Å². The molecule has 1 aromatic rings. The number of amides is 1. The summed E-state index contributed by atoms with van der Waals surface area (Å²) in [6, 6.07) is 5.61. The van der Waals surface area contributed by atoms with E-state index in [1.807, 2.05) is 30.0 Å². The third-order valence-corrected chi connectivity index (χ3v) is 5.27. The van der Waals surface area contributed by atoms with Crippen LogP contribution in [0.5, 0.6) is 0 Å². The summed E-state index contributed by atoms with van der Waals surface area (Å²) in [5.74, 6) is 3.10. The molecule has 1 N–H and O–H groups in total. The van der Waals surface area contributed by atoms with Gasteiger partial charge in [0, 0.05) is 15.5 Å². The fraction of sp³-hybridized carbons (Fsp3) is 0.462. The second-order valence-corrected chi connectivity index (χ2v) is 7.38. The first-order valence-corrected chi connectivity index (χ1v) is 8.72. The molecule has 2 rings (SSSR count). The molecule has 1 aliphatic heterocycles. The average Bonchev–Trinajstić information content (AvgIpc) is 2.37. The van der Waals surface area contributed by atoms with Crippen LogP contribution in [0.2, 0.25) is 0 Å². The topological polar surface area (TPSA) is 29.1 Å². The maximum absolute atomic E-state index is 12.1. The van der Waals surface area contributed by atoms with Crippen molar-refractivity contribution in [3.8, 4) is 0 Å². The Labute approximate surface area is 129 Å². The van der Waals surface area contributed by atoms with Gasteiger partial charge >= 0.3 is 0 Å². The zero-order chi connectivity index (χ0) is 13.0. The Bertz CT molecular complexity index is 433. The molecule has 98 valence electrons. The Hall–Kier alpha value is -0.000000000000000111. The summed E-state index contributed by atoms with van der Waals surface area (Å²) in [6.45, 7) is 0.794. The lowest BCUT2D eigenvalue weighted by Gasteiger charge is -2.21. The maximum Gasteiger partial charge on any atom is 0.252 e. The van der Waals surface area contributed by atoms with E-state index in [-0.39, 0.29) is 5.91 Å². The van der Waals surface area contributed by atoms with Crippen molar-refractivity contribution < 1.29 is 4.79 Å². The van der Waals surface area contributed by atoms with E-state index >= 15 is 0 Å². The van der Waals surface area contributed by atoms with Gasteiger partial charge in [0.05, 0.1) is 5.56 Å². The Balaban J connectivity index is 1.90. The third kappa shape index (κ3) is 4.00. The van der Waals surface area contributed by atoms with E-state index < -0.39 is 0 Å².